The SMILES string of the molecule is Cc1cc(N2CC(S(C)=O)CC2C(=O)NC2(C)CC2)n(Cc2ccccc2)n1. The molecule has 2 aromatic rings. The molecule has 150 valence electrons. The lowest BCUT2D eigenvalue weighted by Gasteiger charge is -2.27. The molecule has 2 aliphatic rings. The van der Waals surface area contributed by atoms with Crippen LogP contribution in [0.1, 0.15) is 37.4 Å². The number of nitrogens with zero attached hydrogens (tertiary/aromatic N) is 3. The zero-order chi connectivity index (χ0) is 19.9. The number of benzene rings is 1. The molecule has 6 nitrogen and oxygen atoms in total. The highest BCUT2D eigenvalue weighted by molar-refractivity contribution is 7.84. The Morgan fingerprint density at radius 3 is 2.68 bits per heavy atom. The summed E-state index contributed by atoms with van der Waals surface area (Å²) in [5, 5.41) is 7.86. The highest BCUT2D eigenvalue weighted by atomic mass is 32.2. The van der Waals surface area contributed by atoms with Gasteiger partial charge >= 0.3 is 0 Å². The molecule has 2 fully saturated rings. The molecule has 1 amide bonds. The fourth-order valence-electron chi connectivity index (χ4n) is 3.87. The molecule has 1 aliphatic heterocycles. The number of nitrogens with one attached hydrogen (secondary N) is 1. The smallest absolute Gasteiger partial charge is 0.243 e. The first-order chi connectivity index (χ1) is 13.3. The van der Waals surface area contributed by atoms with Gasteiger partial charge in [0.2, 0.25) is 5.91 Å². The van der Waals surface area contributed by atoms with Gasteiger partial charge in [-0.25, -0.2) is 4.68 Å². The summed E-state index contributed by atoms with van der Waals surface area (Å²) in [6, 6.07) is 11.9. The highest BCUT2D eigenvalue weighted by Crippen LogP contribution is 2.36. The van der Waals surface area contributed by atoms with Gasteiger partial charge in [-0.05, 0) is 38.7 Å². The van der Waals surface area contributed by atoms with Crippen molar-refractivity contribution in [3.8, 4) is 0 Å². The molecule has 0 spiro atoms. The first-order valence-corrected chi connectivity index (χ1v) is 11.5. The first-order valence-electron chi connectivity index (χ1n) is 9.84. The van der Waals surface area contributed by atoms with Crippen molar-refractivity contribution in [2.24, 2.45) is 0 Å². The van der Waals surface area contributed by atoms with Crippen LogP contribution in [0.25, 0.3) is 0 Å². The Labute approximate surface area is 168 Å². The summed E-state index contributed by atoms with van der Waals surface area (Å²) in [7, 11) is -0.969. The summed E-state index contributed by atoms with van der Waals surface area (Å²) in [5.41, 5.74) is 2.01. The van der Waals surface area contributed by atoms with E-state index < -0.39 is 10.8 Å². The molecular weight excluding hydrogens is 372 g/mol. The topological polar surface area (TPSA) is 67.2 Å². The van der Waals surface area contributed by atoms with Crippen molar-refractivity contribution in [1.29, 1.82) is 0 Å². The van der Waals surface area contributed by atoms with Crippen LogP contribution in [-0.2, 0) is 22.1 Å². The third-order valence-corrected chi connectivity index (χ3v) is 7.09. The largest absolute Gasteiger partial charge is 0.349 e. The van der Waals surface area contributed by atoms with Gasteiger partial charge in [0.1, 0.15) is 11.9 Å². The standard InChI is InChI=1S/C21H28N4O2S/c1-15-11-19(25(23-15)13-16-7-5-4-6-8-16)24-14-17(28(3)27)12-18(24)20(26)22-21(2)9-10-21/h4-8,11,17-18H,9-10,12-14H2,1-3H3,(H,22,26). The Kier molecular flexibility index (Phi) is 5.04. The van der Waals surface area contributed by atoms with Crippen molar-refractivity contribution in [1.82, 2.24) is 15.1 Å². The molecular formula is C21H28N4O2S. The van der Waals surface area contributed by atoms with Crippen molar-refractivity contribution < 1.29 is 9.00 Å². The summed E-state index contributed by atoms with van der Waals surface area (Å²) in [6.45, 7) is 5.31. The highest BCUT2D eigenvalue weighted by Gasteiger charge is 2.45. The first kappa shape index (κ1) is 19.2. The average Bonchev–Trinajstić information content (AvgIpc) is 3.06. The summed E-state index contributed by atoms with van der Waals surface area (Å²) < 4.78 is 14.2. The third-order valence-electron chi connectivity index (χ3n) is 5.81. The number of aromatic nitrogens is 2. The molecule has 3 unspecified atom stereocenters. The van der Waals surface area contributed by atoms with Crippen LogP contribution in [0.15, 0.2) is 36.4 Å². The van der Waals surface area contributed by atoms with E-state index in [1.807, 2.05) is 35.9 Å². The molecule has 1 N–H and O–H groups in total. The van der Waals surface area contributed by atoms with Gasteiger partial charge < -0.3 is 10.2 Å². The minimum Gasteiger partial charge on any atom is -0.349 e. The number of amides is 1. The summed E-state index contributed by atoms with van der Waals surface area (Å²) in [6.07, 6.45) is 4.40. The van der Waals surface area contributed by atoms with Crippen LogP contribution >= 0.6 is 0 Å². The number of carbonyl (C=O) groups is 1. The predicted octanol–water partition coefficient (Wildman–Crippen LogP) is 2.23. The van der Waals surface area contributed by atoms with E-state index in [2.05, 4.69) is 34.4 Å². The molecule has 28 heavy (non-hydrogen) atoms. The zero-order valence-corrected chi connectivity index (χ0v) is 17.5. The molecule has 1 saturated carbocycles. The van der Waals surface area contributed by atoms with Crippen molar-refractivity contribution >= 4 is 22.5 Å². The molecule has 1 aromatic carbocycles. The van der Waals surface area contributed by atoms with Gasteiger partial charge in [0, 0.05) is 35.2 Å². The van der Waals surface area contributed by atoms with Gasteiger partial charge in [-0.15, -0.1) is 0 Å². The van der Waals surface area contributed by atoms with Crippen molar-refractivity contribution in [2.45, 2.75) is 56.5 Å². The van der Waals surface area contributed by atoms with E-state index in [0.29, 0.717) is 19.5 Å². The molecule has 2 heterocycles. The minimum atomic E-state index is -0.969. The maximum atomic E-state index is 13.0. The predicted molar refractivity (Wildman–Crippen MR) is 112 cm³/mol. The van der Waals surface area contributed by atoms with E-state index in [4.69, 9.17) is 0 Å². The Balaban J connectivity index is 1.63. The van der Waals surface area contributed by atoms with Gasteiger partial charge in [-0.2, -0.15) is 5.10 Å². The molecule has 1 aliphatic carbocycles. The number of rotatable bonds is 6. The number of anilines is 1. The fourth-order valence-corrected chi connectivity index (χ4v) is 4.69. The molecule has 4 rings (SSSR count). The molecule has 3 atom stereocenters. The minimum absolute atomic E-state index is 0.0110. The maximum Gasteiger partial charge on any atom is 0.243 e. The van der Waals surface area contributed by atoms with Crippen LogP contribution in [0, 0.1) is 6.92 Å². The van der Waals surface area contributed by atoms with Gasteiger partial charge in [0.05, 0.1) is 17.5 Å². The summed E-state index contributed by atoms with van der Waals surface area (Å²) >= 11 is 0. The van der Waals surface area contributed by atoms with Crippen LogP contribution in [-0.4, -0.2) is 49.5 Å². The number of carbonyl (C=O) groups excluding carboxylic acids is 1. The second-order valence-electron chi connectivity index (χ2n) is 8.36. The second kappa shape index (κ2) is 7.35. The molecule has 7 heteroatoms. The van der Waals surface area contributed by atoms with Gasteiger partial charge in [0.15, 0.2) is 0 Å². The van der Waals surface area contributed by atoms with E-state index >= 15 is 0 Å². The number of aryl methyl sites for hydroxylation is 1. The van der Waals surface area contributed by atoms with E-state index in [9.17, 15) is 9.00 Å². The monoisotopic (exact) mass is 400 g/mol. The summed E-state index contributed by atoms with van der Waals surface area (Å²) in [4.78, 5) is 15.2. The molecule has 0 bridgehead atoms. The Bertz CT molecular complexity index is 891. The maximum absolute atomic E-state index is 13.0. The quantitative estimate of drug-likeness (QED) is 0.808. The normalized spacial score (nSPS) is 24.2. The molecule has 0 radical (unpaired) electrons. The van der Waals surface area contributed by atoms with Crippen molar-refractivity contribution in [2.75, 3.05) is 17.7 Å². The van der Waals surface area contributed by atoms with E-state index in [0.717, 1.165) is 29.9 Å². The number of hydrogen-bond acceptors (Lipinski definition) is 4. The van der Waals surface area contributed by atoms with Gasteiger partial charge in [-0.3, -0.25) is 9.00 Å². The van der Waals surface area contributed by atoms with Crippen molar-refractivity contribution in [3.63, 3.8) is 0 Å². The van der Waals surface area contributed by atoms with Gasteiger partial charge in [0.25, 0.3) is 0 Å². The molecule has 1 saturated heterocycles. The van der Waals surface area contributed by atoms with E-state index in [1.165, 1.54) is 0 Å². The number of hydrogen-bond donors (Lipinski definition) is 1. The average molecular weight is 401 g/mol. The van der Waals surface area contributed by atoms with Crippen LogP contribution in [0.4, 0.5) is 5.82 Å². The van der Waals surface area contributed by atoms with E-state index in [-0.39, 0.29) is 22.7 Å². The third kappa shape index (κ3) is 3.99. The van der Waals surface area contributed by atoms with Crippen LogP contribution < -0.4 is 10.2 Å². The Morgan fingerprint density at radius 1 is 1.32 bits per heavy atom. The van der Waals surface area contributed by atoms with Crippen LogP contribution in [0.5, 0.6) is 0 Å². The van der Waals surface area contributed by atoms with E-state index in [1.54, 1.807) is 6.26 Å². The lowest BCUT2D eigenvalue weighted by Crippen LogP contribution is -2.47. The lowest BCUT2D eigenvalue weighted by molar-refractivity contribution is -0.123. The lowest BCUT2D eigenvalue weighted by atomic mass is 10.2. The van der Waals surface area contributed by atoms with Crippen LogP contribution in [0.2, 0.25) is 0 Å². The second-order valence-corrected chi connectivity index (χ2v) is 10.0. The van der Waals surface area contributed by atoms with Crippen LogP contribution in [0.3, 0.4) is 0 Å². The fraction of sp³-hybridized carbons (Fsp3) is 0.524. The Hall–Kier alpha value is -2.15. The van der Waals surface area contributed by atoms with Gasteiger partial charge in [-0.1, -0.05) is 30.3 Å². The van der Waals surface area contributed by atoms with Crippen molar-refractivity contribution in [3.05, 3.63) is 47.7 Å². The summed E-state index contributed by atoms with van der Waals surface area (Å²) in [5.74, 6) is 0.966. The zero-order valence-electron chi connectivity index (χ0n) is 16.7. The Morgan fingerprint density at radius 2 is 2.04 bits per heavy atom. The molecule has 1 aromatic heterocycles.